The summed E-state index contributed by atoms with van der Waals surface area (Å²) in [5.74, 6) is -0.147. The minimum absolute atomic E-state index is 0.0276. The van der Waals surface area contributed by atoms with Gasteiger partial charge in [0.15, 0.2) is 5.82 Å². The second-order valence-electron chi connectivity index (χ2n) is 4.89. The molecule has 0 amide bonds. The molecule has 0 spiro atoms. The molecule has 0 atom stereocenters. The Morgan fingerprint density at radius 3 is 2.42 bits per heavy atom. The summed E-state index contributed by atoms with van der Waals surface area (Å²) in [5, 5.41) is 16.3. The lowest BCUT2D eigenvalue weighted by atomic mass is 10.1. The van der Waals surface area contributed by atoms with Gasteiger partial charge in [0.05, 0.1) is 16.8 Å². The average Bonchev–Trinajstić information content (AvgIpc) is 2.90. The largest absolute Gasteiger partial charge is 0.507 e. The molecule has 1 aromatic heterocycles. The predicted molar refractivity (Wildman–Crippen MR) is 81.3 cm³/mol. The highest BCUT2D eigenvalue weighted by Crippen LogP contribution is 2.32. The van der Waals surface area contributed by atoms with Crippen LogP contribution < -0.4 is 5.69 Å². The molecule has 1 heterocycles. The molecule has 3 aromatic rings. The lowest BCUT2D eigenvalue weighted by molar-refractivity contribution is -0.137. The van der Waals surface area contributed by atoms with Crippen molar-refractivity contribution in [2.75, 3.05) is 0 Å². The number of nitrogens with one attached hydrogen (secondary N) is 1. The van der Waals surface area contributed by atoms with E-state index < -0.39 is 17.4 Å². The first-order valence-corrected chi connectivity index (χ1v) is 6.99. The van der Waals surface area contributed by atoms with Crippen LogP contribution in [0.1, 0.15) is 5.56 Å². The lowest BCUT2D eigenvalue weighted by Gasteiger charge is -2.10. The summed E-state index contributed by atoms with van der Waals surface area (Å²) in [6, 6.07) is 8.18. The fraction of sp³-hybridized carbons (Fsp3) is 0.0667. The molecule has 0 radical (unpaired) electrons. The van der Waals surface area contributed by atoms with E-state index in [1.165, 1.54) is 18.2 Å². The topological polar surface area (TPSA) is 70.9 Å². The predicted octanol–water partition coefficient (Wildman–Crippen LogP) is 3.61. The van der Waals surface area contributed by atoms with Gasteiger partial charge in [0, 0.05) is 5.02 Å². The van der Waals surface area contributed by atoms with E-state index in [9.17, 15) is 23.1 Å². The molecule has 0 saturated carbocycles. The first-order valence-electron chi connectivity index (χ1n) is 6.61. The van der Waals surface area contributed by atoms with Gasteiger partial charge in [-0.1, -0.05) is 11.6 Å². The normalized spacial score (nSPS) is 11.7. The van der Waals surface area contributed by atoms with Crippen LogP contribution in [0, 0.1) is 0 Å². The number of phenols is 1. The number of nitrogens with zero attached hydrogens (tertiary/aromatic N) is 2. The van der Waals surface area contributed by atoms with Crippen LogP contribution in [-0.4, -0.2) is 19.9 Å². The van der Waals surface area contributed by atoms with Crippen molar-refractivity contribution in [3.05, 3.63) is 63.5 Å². The highest BCUT2D eigenvalue weighted by Gasteiger charge is 2.30. The maximum Gasteiger partial charge on any atom is 0.416 e. The molecule has 24 heavy (non-hydrogen) atoms. The Hall–Kier alpha value is -2.74. The van der Waals surface area contributed by atoms with E-state index in [1.54, 1.807) is 0 Å². The van der Waals surface area contributed by atoms with E-state index in [4.69, 9.17) is 11.6 Å². The number of hydrogen-bond acceptors (Lipinski definition) is 3. The number of aromatic hydroxyl groups is 1. The molecule has 0 fully saturated rings. The van der Waals surface area contributed by atoms with Crippen LogP contribution in [0.4, 0.5) is 13.2 Å². The number of rotatable bonds is 2. The summed E-state index contributed by atoms with van der Waals surface area (Å²) in [4.78, 5) is 12.0. The van der Waals surface area contributed by atoms with Gasteiger partial charge in [-0.25, -0.2) is 14.5 Å². The summed E-state index contributed by atoms with van der Waals surface area (Å²) in [7, 11) is 0. The van der Waals surface area contributed by atoms with Crippen LogP contribution in [-0.2, 0) is 6.18 Å². The molecule has 2 N–H and O–H groups in total. The Labute approximate surface area is 137 Å². The summed E-state index contributed by atoms with van der Waals surface area (Å²) < 4.78 is 39.0. The van der Waals surface area contributed by atoms with Crippen LogP contribution in [0.5, 0.6) is 5.75 Å². The summed E-state index contributed by atoms with van der Waals surface area (Å²) >= 11 is 5.88. The third-order valence-corrected chi connectivity index (χ3v) is 3.56. The van der Waals surface area contributed by atoms with Crippen molar-refractivity contribution in [2.45, 2.75) is 6.18 Å². The third kappa shape index (κ3) is 2.88. The minimum Gasteiger partial charge on any atom is -0.507 e. The molecule has 3 rings (SSSR count). The Balaban J connectivity index is 2.15. The van der Waals surface area contributed by atoms with Crippen LogP contribution in [0.25, 0.3) is 17.1 Å². The zero-order chi connectivity index (χ0) is 17.5. The SMILES string of the molecule is O=c1[nH]nc(-c2cc(Cl)ccc2O)n1-c1ccc(C(F)(F)F)cc1. The molecule has 9 heteroatoms. The van der Waals surface area contributed by atoms with Gasteiger partial charge in [-0.05, 0) is 42.5 Å². The monoisotopic (exact) mass is 355 g/mol. The van der Waals surface area contributed by atoms with E-state index in [-0.39, 0.29) is 22.8 Å². The average molecular weight is 356 g/mol. The van der Waals surface area contributed by atoms with Crippen LogP contribution in [0.3, 0.4) is 0 Å². The highest BCUT2D eigenvalue weighted by atomic mass is 35.5. The highest BCUT2D eigenvalue weighted by molar-refractivity contribution is 6.30. The number of halogens is 4. The molecular weight excluding hydrogens is 347 g/mol. The molecule has 0 aliphatic heterocycles. The number of benzene rings is 2. The van der Waals surface area contributed by atoms with E-state index in [1.807, 2.05) is 0 Å². The van der Waals surface area contributed by atoms with Gasteiger partial charge in [0.2, 0.25) is 0 Å². The van der Waals surface area contributed by atoms with Gasteiger partial charge in [0.1, 0.15) is 5.75 Å². The standard InChI is InChI=1S/C15H9ClF3N3O2/c16-9-3-6-12(23)11(7-9)13-20-21-14(24)22(13)10-4-1-8(2-5-10)15(17,18)19/h1-7,23H,(H,21,24). The zero-order valence-corrected chi connectivity index (χ0v) is 12.6. The molecule has 0 aliphatic rings. The van der Waals surface area contributed by atoms with Crippen molar-refractivity contribution in [1.29, 1.82) is 0 Å². The van der Waals surface area contributed by atoms with Crippen LogP contribution >= 0.6 is 11.6 Å². The van der Waals surface area contributed by atoms with Gasteiger partial charge >= 0.3 is 11.9 Å². The van der Waals surface area contributed by atoms with Crippen molar-refractivity contribution >= 4 is 11.6 Å². The Kier molecular flexibility index (Phi) is 3.84. The molecule has 124 valence electrons. The molecule has 0 unspecified atom stereocenters. The van der Waals surface area contributed by atoms with Crippen LogP contribution in [0.15, 0.2) is 47.3 Å². The quantitative estimate of drug-likeness (QED) is 0.737. The molecule has 5 nitrogen and oxygen atoms in total. The number of aromatic nitrogens is 3. The van der Waals surface area contributed by atoms with Gasteiger partial charge in [-0.3, -0.25) is 0 Å². The maximum atomic E-state index is 12.6. The smallest absolute Gasteiger partial charge is 0.416 e. The molecule has 0 bridgehead atoms. The van der Waals surface area contributed by atoms with Crippen molar-refractivity contribution in [3.63, 3.8) is 0 Å². The molecule has 2 aromatic carbocycles. The zero-order valence-electron chi connectivity index (χ0n) is 11.8. The van der Waals surface area contributed by atoms with Crippen molar-refractivity contribution in [3.8, 4) is 22.8 Å². The first-order chi connectivity index (χ1) is 11.3. The van der Waals surface area contributed by atoms with E-state index in [2.05, 4.69) is 10.2 Å². The lowest BCUT2D eigenvalue weighted by Crippen LogP contribution is -2.16. The Bertz CT molecular complexity index is 946. The second kappa shape index (κ2) is 5.72. The number of hydrogen-bond donors (Lipinski definition) is 2. The minimum atomic E-state index is -4.48. The first kappa shape index (κ1) is 16.1. The number of alkyl halides is 3. The number of phenolic OH excluding ortho intramolecular Hbond substituents is 1. The Morgan fingerprint density at radius 1 is 1.12 bits per heavy atom. The second-order valence-corrected chi connectivity index (χ2v) is 5.33. The summed E-state index contributed by atoms with van der Waals surface area (Å²) in [6.45, 7) is 0. The van der Waals surface area contributed by atoms with E-state index in [0.29, 0.717) is 5.02 Å². The summed E-state index contributed by atoms with van der Waals surface area (Å²) in [6.07, 6.45) is -4.48. The van der Waals surface area contributed by atoms with Gasteiger partial charge < -0.3 is 5.11 Å². The fourth-order valence-electron chi connectivity index (χ4n) is 2.20. The fourth-order valence-corrected chi connectivity index (χ4v) is 2.38. The Morgan fingerprint density at radius 2 is 1.79 bits per heavy atom. The van der Waals surface area contributed by atoms with Gasteiger partial charge in [-0.2, -0.15) is 18.3 Å². The van der Waals surface area contributed by atoms with Crippen LogP contribution in [0.2, 0.25) is 5.02 Å². The van der Waals surface area contributed by atoms with Gasteiger partial charge in [0.25, 0.3) is 0 Å². The van der Waals surface area contributed by atoms with E-state index in [0.717, 1.165) is 28.8 Å². The van der Waals surface area contributed by atoms with E-state index >= 15 is 0 Å². The molecular formula is C15H9ClF3N3O2. The van der Waals surface area contributed by atoms with Crippen molar-refractivity contribution in [2.24, 2.45) is 0 Å². The maximum absolute atomic E-state index is 12.6. The number of H-pyrrole nitrogens is 1. The molecule has 0 saturated heterocycles. The number of aromatic amines is 1. The van der Waals surface area contributed by atoms with Crippen molar-refractivity contribution < 1.29 is 18.3 Å². The van der Waals surface area contributed by atoms with Gasteiger partial charge in [-0.15, -0.1) is 0 Å². The molecule has 0 aliphatic carbocycles. The summed E-state index contributed by atoms with van der Waals surface area (Å²) in [5.41, 5.74) is -1.17. The van der Waals surface area contributed by atoms with Crippen molar-refractivity contribution in [1.82, 2.24) is 14.8 Å². The third-order valence-electron chi connectivity index (χ3n) is 3.32.